The maximum absolute atomic E-state index is 12.1. The first-order chi connectivity index (χ1) is 10.6. The number of methoxy groups -OCH3 is 2. The molecule has 0 amide bonds. The van der Waals surface area contributed by atoms with E-state index in [9.17, 15) is 10.1 Å². The molecule has 2 heterocycles. The first-order valence-electron chi connectivity index (χ1n) is 6.41. The van der Waals surface area contributed by atoms with Crippen molar-refractivity contribution >= 4 is 5.97 Å². The van der Waals surface area contributed by atoms with Crippen molar-refractivity contribution in [1.82, 2.24) is 4.98 Å². The van der Waals surface area contributed by atoms with Crippen molar-refractivity contribution in [2.24, 2.45) is 5.73 Å². The van der Waals surface area contributed by atoms with Gasteiger partial charge in [-0.25, -0.2) is 4.79 Å². The Morgan fingerprint density at radius 2 is 2.32 bits per heavy atom. The van der Waals surface area contributed by atoms with Crippen molar-refractivity contribution in [1.29, 1.82) is 5.26 Å². The molecular weight excluding hydrogens is 286 g/mol. The van der Waals surface area contributed by atoms with E-state index in [1.807, 2.05) is 0 Å². The molecule has 0 saturated heterocycles. The van der Waals surface area contributed by atoms with Gasteiger partial charge >= 0.3 is 5.97 Å². The SMILES string of the molecule is COCC1=C(C#N)C(c2cccnc2)C(C(=O)OC)=C(N)O1. The average Bonchev–Trinajstić information content (AvgIpc) is 2.54. The van der Waals surface area contributed by atoms with Crippen molar-refractivity contribution in [3.8, 4) is 6.07 Å². The van der Waals surface area contributed by atoms with Gasteiger partial charge in [0.2, 0.25) is 5.88 Å². The maximum Gasteiger partial charge on any atom is 0.340 e. The summed E-state index contributed by atoms with van der Waals surface area (Å²) >= 11 is 0. The third kappa shape index (κ3) is 2.77. The normalized spacial score (nSPS) is 17.8. The standard InChI is InChI=1S/C15H15N3O4/c1-20-8-11-10(6-16)12(9-4-3-5-18-7-9)13(14(17)22-11)15(19)21-2/h3-5,7,12H,8,17H2,1-2H3. The summed E-state index contributed by atoms with van der Waals surface area (Å²) in [4.78, 5) is 16.1. The summed E-state index contributed by atoms with van der Waals surface area (Å²) in [6, 6.07) is 5.53. The van der Waals surface area contributed by atoms with E-state index in [0.29, 0.717) is 5.56 Å². The molecule has 1 unspecified atom stereocenters. The van der Waals surface area contributed by atoms with Crippen LogP contribution in [-0.4, -0.2) is 31.8 Å². The molecule has 1 aromatic heterocycles. The van der Waals surface area contributed by atoms with Crippen molar-refractivity contribution in [3.05, 3.63) is 52.9 Å². The monoisotopic (exact) mass is 301 g/mol. The Morgan fingerprint density at radius 3 is 2.86 bits per heavy atom. The molecule has 0 aromatic carbocycles. The van der Waals surface area contributed by atoms with E-state index in [-0.39, 0.29) is 29.4 Å². The van der Waals surface area contributed by atoms with Gasteiger partial charge in [-0.2, -0.15) is 5.26 Å². The minimum Gasteiger partial charge on any atom is -0.465 e. The second-order valence-corrected chi connectivity index (χ2v) is 4.47. The highest BCUT2D eigenvalue weighted by atomic mass is 16.5. The fourth-order valence-corrected chi connectivity index (χ4v) is 2.26. The van der Waals surface area contributed by atoms with Gasteiger partial charge in [0.25, 0.3) is 0 Å². The number of ether oxygens (including phenoxy) is 3. The van der Waals surface area contributed by atoms with Crippen LogP contribution in [0.15, 0.2) is 47.3 Å². The number of nitrogens with zero attached hydrogens (tertiary/aromatic N) is 2. The predicted molar refractivity (Wildman–Crippen MR) is 75.8 cm³/mol. The van der Waals surface area contributed by atoms with Gasteiger partial charge in [0, 0.05) is 19.5 Å². The largest absolute Gasteiger partial charge is 0.465 e. The van der Waals surface area contributed by atoms with Gasteiger partial charge < -0.3 is 19.9 Å². The predicted octanol–water partition coefficient (Wildman–Crippen LogP) is 0.963. The lowest BCUT2D eigenvalue weighted by molar-refractivity contribution is -0.136. The summed E-state index contributed by atoms with van der Waals surface area (Å²) in [6.45, 7) is 0.0643. The van der Waals surface area contributed by atoms with Crippen LogP contribution in [0.25, 0.3) is 0 Å². The van der Waals surface area contributed by atoms with E-state index >= 15 is 0 Å². The van der Waals surface area contributed by atoms with E-state index in [2.05, 4.69) is 11.1 Å². The highest BCUT2D eigenvalue weighted by molar-refractivity contribution is 5.92. The van der Waals surface area contributed by atoms with E-state index in [0.717, 1.165) is 0 Å². The number of carbonyl (C=O) groups excluding carboxylic acids is 1. The smallest absolute Gasteiger partial charge is 0.340 e. The lowest BCUT2D eigenvalue weighted by Crippen LogP contribution is -2.27. The van der Waals surface area contributed by atoms with Crippen LogP contribution in [0, 0.1) is 11.3 Å². The van der Waals surface area contributed by atoms with Crippen LogP contribution in [0.1, 0.15) is 11.5 Å². The molecule has 1 aromatic rings. The van der Waals surface area contributed by atoms with E-state index in [1.165, 1.54) is 14.2 Å². The number of rotatable bonds is 4. The first-order valence-corrected chi connectivity index (χ1v) is 6.41. The molecule has 0 saturated carbocycles. The lowest BCUT2D eigenvalue weighted by Gasteiger charge is -2.27. The molecule has 0 radical (unpaired) electrons. The second-order valence-electron chi connectivity index (χ2n) is 4.47. The Morgan fingerprint density at radius 1 is 1.55 bits per heavy atom. The van der Waals surface area contributed by atoms with Gasteiger partial charge in [-0.05, 0) is 11.6 Å². The number of nitrogens with two attached hydrogens (primary N) is 1. The fourth-order valence-electron chi connectivity index (χ4n) is 2.26. The van der Waals surface area contributed by atoms with E-state index in [1.54, 1.807) is 24.5 Å². The molecule has 0 spiro atoms. The van der Waals surface area contributed by atoms with E-state index in [4.69, 9.17) is 19.9 Å². The zero-order valence-corrected chi connectivity index (χ0v) is 12.2. The summed E-state index contributed by atoms with van der Waals surface area (Å²) in [5.41, 5.74) is 6.81. The van der Waals surface area contributed by atoms with Gasteiger partial charge in [0.1, 0.15) is 17.9 Å². The molecule has 1 aliphatic rings. The van der Waals surface area contributed by atoms with Crippen LogP contribution in [0.3, 0.4) is 0 Å². The molecular formula is C15H15N3O4. The molecule has 2 rings (SSSR count). The quantitative estimate of drug-likeness (QED) is 0.825. The van der Waals surface area contributed by atoms with Gasteiger partial charge in [-0.1, -0.05) is 6.07 Å². The minimum absolute atomic E-state index is 0.0643. The van der Waals surface area contributed by atoms with E-state index < -0.39 is 11.9 Å². The summed E-state index contributed by atoms with van der Waals surface area (Å²) in [5.74, 6) is -1.20. The Balaban J connectivity index is 2.63. The highest BCUT2D eigenvalue weighted by Gasteiger charge is 2.37. The molecule has 0 aliphatic carbocycles. The van der Waals surface area contributed by atoms with Crippen LogP contribution in [0.4, 0.5) is 0 Å². The van der Waals surface area contributed by atoms with Gasteiger partial charge in [0.15, 0.2) is 0 Å². The Bertz CT molecular complexity index is 674. The van der Waals surface area contributed by atoms with Crippen molar-refractivity contribution in [2.45, 2.75) is 5.92 Å². The van der Waals surface area contributed by atoms with Crippen LogP contribution < -0.4 is 5.73 Å². The van der Waals surface area contributed by atoms with Crippen molar-refractivity contribution in [3.63, 3.8) is 0 Å². The molecule has 0 bridgehead atoms. The topological polar surface area (TPSA) is 107 Å². The number of esters is 1. The number of hydrogen-bond acceptors (Lipinski definition) is 7. The van der Waals surface area contributed by atoms with Crippen LogP contribution in [0.2, 0.25) is 0 Å². The van der Waals surface area contributed by atoms with Crippen molar-refractivity contribution < 1.29 is 19.0 Å². The minimum atomic E-state index is -0.704. The van der Waals surface area contributed by atoms with Gasteiger partial charge in [-0.3, -0.25) is 4.98 Å². The summed E-state index contributed by atoms with van der Waals surface area (Å²) in [7, 11) is 2.71. The number of pyridine rings is 1. The summed E-state index contributed by atoms with van der Waals surface area (Å²) < 4.78 is 15.2. The number of hydrogen-bond donors (Lipinski definition) is 1. The Kier molecular flexibility index (Phi) is 4.76. The lowest BCUT2D eigenvalue weighted by atomic mass is 9.84. The number of carbonyl (C=O) groups is 1. The second kappa shape index (κ2) is 6.74. The van der Waals surface area contributed by atoms with Crippen LogP contribution >= 0.6 is 0 Å². The molecule has 7 nitrogen and oxygen atoms in total. The molecule has 1 aliphatic heterocycles. The highest BCUT2D eigenvalue weighted by Crippen LogP contribution is 2.39. The average molecular weight is 301 g/mol. The molecule has 114 valence electrons. The molecule has 0 fully saturated rings. The number of nitriles is 1. The third-order valence-corrected chi connectivity index (χ3v) is 3.20. The van der Waals surface area contributed by atoms with Crippen LogP contribution in [-0.2, 0) is 19.0 Å². The Hall–Kier alpha value is -2.85. The van der Waals surface area contributed by atoms with Crippen molar-refractivity contribution in [2.75, 3.05) is 20.8 Å². The third-order valence-electron chi connectivity index (χ3n) is 3.20. The molecule has 7 heteroatoms. The van der Waals surface area contributed by atoms with Gasteiger partial charge in [-0.15, -0.1) is 0 Å². The first kappa shape index (κ1) is 15.5. The zero-order valence-electron chi connectivity index (χ0n) is 12.2. The fraction of sp³-hybridized carbons (Fsp3) is 0.267. The number of allylic oxidation sites excluding steroid dienone is 1. The summed E-state index contributed by atoms with van der Waals surface area (Å²) in [6.07, 6.45) is 3.16. The Labute approximate surface area is 127 Å². The maximum atomic E-state index is 12.1. The molecule has 22 heavy (non-hydrogen) atoms. The number of aromatic nitrogens is 1. The molecule has 1 atom stereocenters. The summed E-state index contributed by atoms with van der Waals surface area (Å²) in [5, 5.41) is 9.50. The van der Waals surface area contributed by atoms with Gasteiger partial charge in [0.05, 0.1) is 24.7 Å². The zero-order chi connectivity index (χ0) is 16.1. The molecule has 2 N–H and O–H groups in total. The van der Waals surface area contributed by atoms with Crippen LogP contribution in [0.5, 0.6) is 0 Å².